The van der Waals surface area contributed by atoms with Crippen molar-refractivity contribution >= 4 is 41.5 Å². The minimum absolute atomic E-state index is 0. The summed E-state index contributed by atoms with van der Waals surface area (Å²) in [4.78, 5) is 28.1. The van der Waals surface area contributed by atoms with Crippen LogP contribution in [0.1, 0.15) is 24.2 Å². The van der Waals surface area contributed by atoms with Crippen LogP contribution in [0.15, 0.2) is 65.8 Å². The fourth-order valence-electron chi connectivity index (χ4n) is 3.79. The number of hydrogen-bond acceptors (Lipinski definition) is 3. The van der Waals surface area contributed by atoms with E-state index in [0.29, 0.717) is 19.5 Å². The van der Waals surface area contributed by atoms with Gasteiger partial charge in [0.2, 0.25) is 5.91 Å². The molecule has 3 aromatic rings. The van der Waals surface area contributed by atoms with Crippen molar-refractivity contribution in [2.45, 2.75) is 25.9 Å². The van der Waals surface area contributed by atoms with Gasteiger partial charge in [-0.25, -0.2) is 4.98 Å². The molecule has 4 rings (SSSR count). The van der Waals surface area contributed by atoms with Gasteiger partial charge in [0.25, 0.3) is 0 Å². The molecular weight excluding hydrogens is 515 g/mol. The second-order valence-corrected chi connectivity index (χ2v) is 7.68. The van der Waals surface area contributed by atoms with Gasteiger partial charge in [-0.2, -0.15) is 0 Å². The molecular formula is C24H29IN6O. The number of aromatic amines is 1. The number of nitrogens with zero attached hydrogens (tertiary/aromatic N) is 4. The van der Waals surface area contributed by atoms with Crippen LogP contribution in [-0.4, -0.2) is 47.4 Å². The van der Waals surface area contributed by atoms with Crippen LogP contribution < -0.4 is 10.2 Å². The minimum atomic E-state index is 0. The molecule has 1 saturated heterocycles. The molecule has 0 bridgehead atoms. The smallest absolute Gasteiger partial charge is 0.227 e. The lowest BCUT2D eigenvalue weighted by molar-refractivity contribution is -0.117. The van der Waals surface area contributed by atoms with Gasteiger partial charge in [-0.05, 0) is 29.7 Å². The Hall–Kier alpha value is -2.88. The van der Waals surface area contributed by atoms with Crippen LogP contribution in [0.5, 0.6) is 0 Å². The van der Waals surface area contributed by atoms with Crippen LogP contribution in [0.3, 0.4) is 0 Å². The fourth-order valence-corrected chi connectivity index (χ4v) is 3.79. The third kappa shape index (κ3) is 5.67. The molecule has 168 valence electrons. The summed E-state index contributed by atoms with van der Waals surface area (Å²) in [6, 6.07) is 18.3. The van der Waals surface area contributed by atoms with E-state index >= 15 is 0 Å². The fraction of sp³-hybridized carbons (Fsp3) is 0.292. The Morgan fingerprint density at radius 3 is 2.59 bits per heavy atom. The standard InChI is InChI=1S/C24H28N6O.HI/c1-25-24(27-15-18-10-12-20(13-11-18)30-14-6-9-23(30)31)29(2)17-22-26-16-21(28-22)19-7-4-3-5-8-19;/h3-5,7-8,10-13,16H,6,9,14-15,17H2,1-2H3,(H,25,27)(H,26,28);1H. The second kappa shape index (κ2) is 11.1. The van der Waals surface area contributed by atoms with E-state index in [9.17, 15) is 4.79 Å². The lowest BCUT2D eigenvalue weighted by Gasteiger charge is -2.21. The lowest BCUT2D eigenvalue weighted by atomic mass is 10.2. The minimum Gasteiger partial charge on any atom is -0.352 e. The highest BCUT2D eigenvalue weighted by atomic mass is 127. The maximum atomic E-state index is 11.9. The topological polar surface area (TPSA) is 76.6 Å². The van der Waals surface area contributed by atoms with Gasteiger partial charge in [-0.3, -0.25) is 9.79 Å². The van der Waals surface area contributed by atoms with Crippen molar-refractivity contribution < 1.29 is 4.79 Å². The van der Waals surface area contributed by atoms with Crippen LogP contribution in [0.25, 0.3) is 11.3 Å². The molecule has 1 fully saturated rings. The highest BCUT2D eigenvalue weighted by Gasteiger charge is 2.21. The number of H-pyrrole nitrogens is 1. The van der Waals surface area contributed by atoms with Crippen molar-refractivity contribution in [3.05, 3.63) is 72.2 Å². The largest absolute Gasteiger partial charge is 0.352 e. The molecule has 1 aliphatic heterocycles. The number of aromatic nitrogens is 2. The average Bonchev–Trinajstić information content (AvgIpc) is 3.44. The SMILES string of the molecule is CN=C(NCc1ccc(N2CCCC2=O)cc1)N(C)Cc1ncc(-c2ccccc2)[nH]1.I. The summed E-state index contributed by atoms with van der Waals surface area (Å²) in [5.74, 6) is 1.88. The van der Waals surface area contributed by atoms with Crippen molar-refractivity contribution in [3.63, 3.8) is 0 Å². The number of carbonyl (C=O) groups excluding carboxylic acids is 1. The molecule has 0 unspecified atom stereocenters. The van der Waals surface area contributed by atoms with Crippen LogP contribution in [0.4, 0.5) is 5.69 Å². The normalized spacial score (nSPS) is 13.8. The Morgan fingerprint density at radius 2 is 1.94 bits per heavy atom. The van der Waals surface area contributed by atoms with Gasteiger partial charge < -0.3 is 20.1 Å². The molecule has 1 aliphatic rings. The predicted octanol–water partition coefficient (Wildman–Crippen LogP) is 4.03. The first-order chi connectivity index (χ1) is 15.1. The molecule has 0 saturated carbocycles. The van der Waals surface area contributed by atoms with E-state index in [4.69, 9.17) is 0 Å². The summed E-state index contributed by atoms with van der Waals surface area (Å²) >= 11 is 0. The molecule has 0 radical (unpaired) electrons. The average molecular weight is 544 g/mol. The summed E-state index contributed by atoms with van der Waals surface area (Å²) in [5, 5.41) is 3.40. The number of rotatable bonds is 6. The first kappa shape index (κ1) is 23.8. The van der Waals surface area contributed by atoms with E-state index in [-0.39, 0.29) is 29.9 Å². The molecule has 8 heteroatoms. The quantitative estimate of drug-likeness (QED) is 0.279. The molecule has 2 N–H and O–H groups in total. The number of anilines is 1. The van der Waals surface area contributed by atoms with Gasteiger partial charge in [0.05, 0.1) is 18.4 Å². The Bertz CT molecular complexity index is 1050. The summed E-state index contributed by atoms with van der Waals surface area (Å²) in [6.07, 6.45) is 3.45. The van der Waals surface area contributed by atoms with Gasteiger partial charge in [0.1, 0.15) is 5.82 Å². The highest BCUT2D eigenvalue weighted by Crippen LogP contribution is 2.21. The van der Waals surface area contributed by atoms with Crippen LogP contribution in [0.2, 0.25) is 0 Å². The number of amides is 1. The van der Waals surface area contributed by atoms with E-state index < -0.39 is 0 Å². The van der Waals surface area contributed by atoms with Gasteiger partial charge >= 0.3 is 0 Å². The summed E-state index contributed by atoms with van der Waals surface area (Å²) < 4.78 is 0. The zero-order chi connectivity index (χ0) is 21.6. The Morgan fingerprint density at radius 1 is 1.19 bits per heavy atom. The maximum Gasteiger partial charge on any atom is 0.227 e. The molecule has 0 spiro atoms. The van der Waals surface area contributed by atoms with E-state index in [0.717, 1.165) is 47.3 Å². The number of imidazole rings is 1. The number of aliphatic imine (C=N–C) groups is 1. The molecule has 32 heavy (non-hydrogen) atoms. The van der Waals surface area contributed by atoms with Crippen molar-refractivity contribution in [2.75, 3.05) is 25.5 Å². The van der Waals surface area contributed by atoms with Crippen molar-refractivity contribution in [2.24, 2.45) is 4.99 Å². The third-order valence-electron chi connectivity index (χ3n) is 5.45. The number of benzene rings is 2. The van der Waals surface area contributed by atoms with Gasteiger partial charge in [0, 0.05) is 39.3 Å². The second-order valence-electron chi connectivity index (χ2n) is 7.68. The summed E-state index contributed by atoms with van der Waals surface area (Å²) in [6.45, 7) is 2.08. The zero-order valence-corrected chi connectivity index (χ0v) is 20.7. The molecule has 0 aliphatic carbocycles. The number of nitrogens with one attached hydrogen (secondary N) is 2. The molecule has 2 heterocycles. The molecule has 7 nitrogen and oxygen atoms in total. The molecule has 1 amide bonds. The van der Waals surface area contributed by atoms with E-state index in [1.54, 1.807) is 7.05 Å². The highest BCUT2D eigenvalue weighted by molar-refractivity contribution is 14.0. The number of carbonyl (C=O) groups is 1. The summed E-state index contributed by atoms with van der Waals surface area (Å²) in [5.41, 5.74) is 4.23. The van der Waals surface area contributed by atoms with Crippen LogP contribution in [-0.2, 0) is 17.9 Å². The van der Waals surface area contributed by atoms with E-state index in [1.165, 1.54) is 0 Å². The van der Waals surface area contributed by atoms with Gasteiger partial charge in [0.15, 0.2) is 5.96 Å². The van der Waals surface area contributed by atoms with Crippen LogP contribution >= 0.6 is 24.0 Å². The molecule has 1 aromatic heterocycles. The third-order valence-corrected chi connectivity index (χ3v) is 5.45. The van der Waals surface area contributed by atoms with E-state index in [2.05, 4.69) is 44.5 Å². The van der Waals surface area contributed by atoms with Gasteiger partial charge in [-0.1, -0.05) is 42.5 Å². The predicted molar refractivity (Wildman–Crippen MR) is 139 cm³/mol. The van der Waals surface area contributed by atoms with Crippen LogP contribution in [0, 0.1) is 0 Å². The van der Waals surface area contributed by atoms with Crippen molar-refractivity contribution in [1.82, 2.24) is 20.2 Å². The summed E-state index contributed by atoms with van der Waals surface area (Å²) in [7, 11) is 3.76. The Labute approximate surface area is 206 Å². The molecule has 0 atom stereocenters. The number of guanidine groups is 1. The maximum absolute atomic E-state index is 11.9. The number of hydrogen-bond donors (Lipinski definition) is 2. The number of halogens is 1. The Kier molecular flexibility index (Phi) is 8.26. The zero-order valence-electron chi connectivity index (χ0n) is 18.4. The Balaban J connectivity index is 0.00000289. The first-order valence-electron chi connectivity index (χ1n) is 10.5. The van der Waals surface area contributed by atoms with E-state index in [1.807, 2.05) is 53.4 Å². The molecule has 2 aromatic carbocycles. The van der Waals surface area contributed by atoms with Gasteiger partial charge in [-0.15, -0.1) is 24.0 Å². The lowest BCUT2D eigenvalue weighted by Crippen LogP contribution is -2.38. The first-order valence-corrected chi connectivity index (χ1v) is 10.5. The van der Waals surface area contributed by atoms with Crippen molar-refractivity contribution in [1.29, 1.82) is 0 Å². The monoisotopic (exact) mass is 544 g/mol. The van der Waals surface area contributed by atoms with Crippen molar-refractivity contribution in [3.8, 4) is 11.3 Å².